The molecule has 0 spiro atoms. The molecule has 0 saturated carbocycles. The van der Waals surface area contributed by atoms with Gasteiger partial charge in [-0.1, -0.05) is 12.2 Å². The molecule has 70 valence electrons. The molecular weight excluding hydrogens is 170 g/mol. The van der Waals surface area contributed by atoms with Crippen molar-refractivity contribution in [1.82, 2.24) is 4.90 Å². The van der Waals surface area contributed by atoms with Crippen LogP contribution in [0.1, 0.15) is 12.8 Å². The summed E-state index contributed by atoms with van der Waals surface area (Å²) in [7, 11) is 0. The molecule has 1 saturated heterocycles. The zero-order valence-corrected chi connectivity index (χ0v) is 8.26. The van der Waals surface area contributed by atoms with E-state index >= 15 is 0 Å². The minimum absolute atomic E-state index is 0.278. The molecule has 1 atom stereocenters. The Bertz CT molecular complexity index is 161. The van der Waals surface area contributed by atoms with Crippen LogP contribution in [0.25, 0.3) is 0 Å². The van der Waals surface area contributed by atoms with Gasteiger partial charge in [0.2, 0.25) is 0 Å². The van der Waals surface area contributed by atoms with Crippen molar-refractivity contribution in [2.24, 2.45) is 0 Å². The minimum atomic E-state index is 0.278. The predicted octanol–water partition coefficient (Wildman–Crippen LogP) is 0.929. The van der Waals surface area contributed by atoms with Gasteiger partial charge in [0.25, 0.3) is 0 Å². The number of thiol groups is 1. The van der Waals surface area contributed by atoms with Gasteiger partial charge >= 0.3 is 0 Å². The monoisotopic (exact) mass is 187 g/mol. The van der Waals surface area contributed by atoms with Crippen molar-refractivity contribution in [2.45, 2.75) is 18.9 Å². The molecular formula is C9H17NOS. The van der Waals surface area contributed by atoms with Crippen LogP contribution >= 0.6 is 12.6 Å². The largest absolute Gasteiger partial charge is 0.395 e. The summed E-state index contributed by atoms with van der Waals surface area (Å²) in [5.41, 5.74) is 1.14. The fourth-order valence-corrected chi connectivity index (χ4v) is 1.75. The van der Waals surface area contributed by atoms with Crippen molar-refractivity contribution >= 4 is 12.6 Å². The molecule has 1 fully saturated rings. The van der Waals surface area contributed by atoms with Gasteiger partial charge in [-0.05, 0) is 19.4 Å². The lowest BCUT2D eigenvalue weighted by Gasteiger charge is -2.22. The molecule has 0 aromatic rings. The van der Waals surface area contributed by atoms with E-state index in [1.54, 1.807) is 0 Å². The van der Waals surface area contributed by atoms with Gasteiger partial charge in [-0.2, -0.15) is 12.6 Å². The standard InChI is InChI=1S/C9H17NOS/c1-8(7-12)5-10-4-2-3-9(10)6-11/h9,11-12H,1-7H2. The number of hydrogen-bond acceptors (Lipinski definition) is 3. The van der Waals surface area contributed by atoms with Crippen LogP contribution in [-0.2, 0) is 0 Å². The van der Waals surface area contributed by atoms with E-state index in [-0.39, 0.29) is 6.61 Å². The number of aliphatic hydroxyl groups excluding tert-OH is 1. The Balaban J connectivity index is 2.35. The average molecular weight is 187 g/mol. The van der Waals surface area contributed by atoms with Crippen molar-refractivity contribution in [1.29, 1.82) is 0 Å². The van der Waals surface area contributed by atoms with Crippen LogP contribution in [-0.4, -0.2) is 41.5 Å². The second-order valence-electron chi connectivity index (χ2n) is 3.36. The summed E-state index contributed by atoms with van der Waals surface area (Å²) in [6.45, 7) is 6.18. The smallest absolute Gasteiger partial charge is 0.0587 e. The van der Waals surface area contributed by atoms with E-state index in [0.717, 1.165) is 30.8 Å². The molecule has 1 aliphatic heterocycles. The maximum Gasteiger partial charge on any atom is 0.0587 e. The molecule has 3 heteroatoms. The van der Waals surface area contributed by atoms with Crippen LogP contribution in [0.15, 0.2) is 12.2 Å². The van der Waals surface area contributed by atoms with Crippen molar-refractivity contribution < 1.29 is 5.11 Å². The molecule has 0 bridgehead atoms. The maximum atomic E-state index is 9.03. The molecule has 1 unspecified atom stereocenters. The third kappa shape index (κ3) is 2.51. The van der Waals surface area contributed by atoms with Crippen molar-refractivity contribution in [3.63, 3.8) is 0 Å². The normalized spacial score (nSPS) is 24.7. The number of nitrogens with zero attached hydrogens (tertiary/aromatic N) is 1. The Labute approximate surface area is 79.7 Å². The summed E-state index contributed by atoms with van der Waals surface area (Å²) in [5.74, 6) is 0.745. The first kappa shape index (κ1) is 10.1. The van der Waals surface area contributed by atoms with Gasteiger partial charge in [0, 0.05) is 18.3 Å². The molecule has 1 N–H and O–H groups in total. The van der Waals surface area contributed by atoms with Crippen LogP contribution in [0.3, 0.4) is 0 Å². The Hall–Kier alpha value is 0.01000. The zero-order valence-electron chi connectivity index (χ0n) is 7.37. The molecule has 2 nitrogen and oxygen atoms in total. The van der Waals surface area contributed by atoms with Gasteiger partial charge in [-0.15, -0.1) is 0 Å². The van der Waals surface area contributed by atoms with Gasteiger partial charge in [-0.3, -0.25) is 4.90 Å². The highest BCUT2D eigenvalue weighted by Gasteiger charge is 2.23. The van der Waals surface area contributed by atoms with Crippen LogP contribution < -0.4 is 0 Å². The van der Waals surface area contributed by atoms with E-state index in [1.807, 2.05) is 0 Å². The second kappa shape index (κ2) is 4.90. The van der Waals surface area contributed by atoms with Gasteiger partial charge in [0.15, 0.2) is 0 Å². The molecule has 0 aliphatic carbocycles. The lowest BCUT2D eigenvalue weighted by molar-refractivity contribution is 0.168. The minimum Gasteiger partial charge on any atom is -0.395 e. The Morgan fingerprint density at radius 3 is 3.00 bits per heavy atom. The van der Waals surface area contributed by atoms with Crippen LogP contribution in [0.2, 0.25) is 0 Å². The van der Waals surface area contributed by atoms with Gasteiger partial charge < -0.3 is 5.11 Å². The fraction of sp³-hybridized carbons (Fsp3) is 0.778. The van der Waals surface area contributed by atoms with E-state index in [1.165, 1.54) is 6.42 Å². The SMILES string of the molecule is C=C(CS)CN1CCCC1CO. The fourth-order valence-electron chi connectivity index (χ4n) is 1.65. The molecule has 12 heavy (non-hydrogen) atoms. The second-order valence-corrected chi connectivity index (χ2v) is 3.67. The Morgan fingerprint density at radius 2 is 2.42 bits per heavy atom. The molecule has 1 aliphatic rings. The van der Waals surface area contributed by atoms with Gasteiger partial charge in [0.1, 0.15) is 0 Å². The molecule has 0 aromatic heterocycles. The summed E-state index contributed by atoms with van der Waals surface area (Å²) >= 11 is 4.16. The summed E-state index contributed by atoms with van der Waals surface area (Å²) < 4.78 is 0. The van der Waals surface area contributed by atoms with E-state index in [2.05, 4.69) is 24.1 Å². The van der Waals surface area contributed by atoms with E-state index in [9.17, 15) is 0 Å². The van der Waals surface area contributed by atoms with Crippen LogP contribution in [0.4, 0.5) is 0 Å². The van der Waals surface area contributed by atoms with E-state index in [0.29, 0.717) is 6.04 Å². The first-order valence-corrected chi connectivity index (χ1v) is 5.03. The number of likely N-dealkylation sites (tertiary alicyclic amines) is 1. The summed E-state index contributed by atoms with van der Waals surface area (Å²) in [6, 6.07) is 0.363. The van der Waals surface area contributed by atoms with Gasteiger partial charge in [0.05, 0.1) is 6.61 Å². The van der Waals surface area contributed by atoms with Gasteiger partial charge in [-0.25, -0.2) is 0 Å². The molecule has 0 aromatic carbocycles. The molecule has 1 rings (SSSR count). The molecule has 0 amide bonds. The first-order chi connectivity index (χ1) is 5.77. The third-order valence-electron chi connectivity index (χ3n) is 2.36. The average Bonchev–Trinajstić information content (AvgIpc) is 2.51. The van der Waals surface area contributed by atoms with Crippen LogP contribution in [0, 0.1) is 0 Å². The van der Waals surface area contributed by atoms with Crippen molar-refractivity contribution in [3.8, 4) is 0 Å². The summed E-state index contributed by atoms with van der Waals surface area (Å²) in [4.78, 5) is 2.29. The summed E-state index contributed by atoms with van der Waals surface area (Å²) in [6.07, 6.45) is 2.32. The Kier molecular flexibility index (Phi) is 4.12. The topological polar surface area (TPSA) is 23.5 Å². The number of rotatable bonds is 4. The lowest BCUT2D eigenvalue weighted by Crippen LogP contribution is -2.33. The highest BCUT2D eigenvalue weighted by atomic mass is 32.1. The predicted molar refractivity (Wildman–Crippen MR) is 54.7 cm³/mol. The van der Waals surface area contributed by atoms with Crippen LogP contribution in [0.5, 0.6) is 0 Å². The Morgan fingerprint density at radius 1 is 1.67 bits per heavy atom. The van der Waals surface area contributed by atoms with Crippen molar-refractivity contribution in [2.75, 3.05) is 25.4 Å². The third-order valence-corrected chi connectivity index (χ3v) is 2.81. The quantitative estimate of drug-likeness (QED) is 0.505. The van der Waals surface area contributed by atoms with Crippen molar-refractivity contribution in [3.05, 3.63) is 12.2 Å². The first-order valence-electron chi connectivity index (χ1n) is 4.40. The lowest BCUT2D eigenvalue weighted by atomic mass is 10.2. The highest BCUT2D eigenvalue weighted by molar-refractivity contribution is 7.80. The zero-order chi connectivity index (χ0) is 8.97. The number of hydrogen-bond donors (Lipinski definition) is 2. The molecule has 0 radical (unpaired) electrons. The maximum absolute atomic E-state index is 9.03. The molecule has 1 heterocycles. The highest BCUT2D eigenvalue weighted by Crippen LogP contribution is 2.17. The number of aliphatic hydroxyl groups is 1. The van der Waals surface area contributed by atoms with E-state index < -0.39 is 0 Å². The summed E-state index contributed by atoms with van der Waals surface area (Å²) in [5, 5.41) is 9.03. The van der Waals surface area contributed by atoms with E-state index in [4.69, 9.17) is 5.11 Å².